The predicted octanol–water partition coefficient (Wildman–Crippen LogP) is 0.970. The monoisotopic (exact) mass is 330 g/mol. The van der Waals surface area contributed by atoms with E-state index in [1.807, 2.05) is 11.9 Å². The number of hydrazone groups is 1. The maximum absolute atomic E-state index is 12.2. The Morgan fingerprint density at radius 1 is 1.30 bits per heavy atom. The zero-order chi connectivity index (χ0) is 18.0. The number of nitrogens with one attached hydrogen (secondary N) is 2. The lowest BCUT2D eigenvalue weighted by Gasteiger charge is -2.26. The van der Waals surface area contributed by atoms with Gasteiger partial charge in [0.25, 0.3) is 0 Å². The molecular weight excluding hydrogens is 300 g/mol. The van der Waals surface area contributed by atoms with Crippen molar-refractivity contribution in [1.82, 2.24) is 15.6 Å². The first-order valence-electron chi connectivity index (χ1n) is 7.67. The third-order valence-corrected chi connectivity index (χ3v) is 2.78. The lowest BCUT2D eigenvalue weighted by Crippen LogP contribution is -2.47. The number of nitrogens with zero attached hydrogens (tertiary/aromatic N) is 2. The minimum atomic E-state index is -0.669. The van der Waals surface area contributed by atoms with E-state index in [0.29, 0.717) is 18.8 Å². The number of carbonyl (C=O) groups excluding carboxylic acids is 2. The van der Waals surface area contributed by atoms with Crippen LogP contribution in [0.25, 0.3) is 0 Å². The molecule has 8 nitrogen and oxygen atoms in total. The molecule has 0 aliphatic heterocycles. The van der Waals surface area contributed by atoms with Crippen molar-refractivity contribution in [3.8, 4) is 0 Å². The van der Waals surface area contributed by atoms with Gasteiger partial charge in [-0.2, -0.15) is 5.10 Å². The van der Waals surface area contributed by atoms with Crippen LogP contribution in [-0.2, 0) is 14.3 Å². The molecule has 0 spiro atoms. The van der Waals surface area contributed by atoms with Crippen molar-refractivity contribution in [2.75, 3.05) is 33.8 Å². The van der Waals surface area contributed by atoms with E-state index in [4.69, 9.17) is 9.47 Å². The van der Waals surface area contributed by atoms with E-state index in [1.54, 1.807) is 41.7 Å². The quantitative estimate of drug-likeness (QED) is 0.391. The Labute approximate surface area is 138 Å². The maximum Gasteiger partial charge on any atom is 0.428 e. The summed E-state index contributed by atoms with van der Waals surface area (Å²) in [6.07, 6.45) is -0.669. The second-order valence-corrected chi connectivity index (χ2v) is 6.11. The average molecular weight is 330 g/mol. The number of rotatable bonds is 8. The molecule has 1 atom stereocenters. The molecule has 0 fully saturated rings. The molecule has 2 N–H and O–H groups in total. The molecular formula is C15H30N4O4. The molecule has 0 radical (unpaired) electrons. The summed E-state index contributed by atoms with van der Waals surface area (Å²) >= 11 is 0. The first-order chi connectivity index (χ1) is 10.6. The van der Waals surface area contributed by atoms with E-state index in [-0.39, 0.29) is 6.61 Å². The van der Waals surface area contributed by atoms with E-state index in [1.165, 1.54) is 0 Å². The molecule has 0 saturated heterocycles. The molecule has 0 bridgehead atoms. The van der Waals surface area contributed by atoms with Gasteiger partial charge in [-0.25, -0.2) is 15.0 Å². The molecule has 1 amide bonds. The summed E-state index contributed by atoms with van der Waals surface area (Å²) in [7, 11) is 3.63. The number of ether oxygens (including phenoxy) is 2. The van der Waals surface area contributed by atoms with Crippen LogP contribution in [-0.4, -0.2) is 68.1 Å². The fourth-order valence-electron chi connectivity index (χ4n) is 1.80. The second-order valence-electron chi connectivity index (χ2n) is 6.11. The molecule has 1 unspecified atom stereocenters. The average Bonchev–Trinajstić information content (AvgIpc) is 2.41. The number of esters is 1. The molecule has 134 valence electrons. The van der Waals surface area contributed by atoms with Gasteiger partial charge in [0, 0.05) is 13.1 Å². The van der Waals surface area contributed by atoms with Crippen molar-refractivity contribution in [2.45, 2.75) is 46.3 Å². The Kier molecular flexibility index (Phi) is 9.43. The normalized spacial score (nSPS) is 13.7. The molecule has 0 aromatic rings. The van der Waals surface area contributed by atoms with Gasteiger partial charge in [-0.05, 0) is 48.7 Å². The fraction of sp³-hybridized carbons (Fsp3) is 0.800. The largest absolute Gasteiger partial charge is 0.465 e. The van der Waals surface area contributed by atoms with Crippen molar-refractivity contribution in [1.29, 1.82) is 0 Å². The number of amides is 1. The van der Waals surface area contributed by atoms with Crippen LogP contribution in [0.3, 0.4) is 0 Å². The molecule has 0 heterocycles. The van der Waals surface area contributed by atoms with Gasteiger partial charge in [-0.15, -0.1) is 0 Å². The molecule has 0 saturated carbocycles. The highest BCUT2D eigenvalue weighted by Gasteiger charge is 2.28. The summed E-state index contributed by atoms with van der Waals surface area (Å²) in [5.74, 6) is -0.404. The lowest BCUT2D eigenvalue weighted by atomic mass is 10.1. The van der Waals surface area contributed by atoms with Gasteiger partial charge < -0.3 is 14.8 Å². The van der Waals surface area contributed by atoms with Crippen LogP contribution < -0.4 is 10.7 Å². The lowest BCUT2D eigenvalue weighted by molar-refractivity contribution is -0.146. The van der Waals surface area contributed by atoms with Crippen molar-refractivity contribution < 1.29 is 19.1 Å². The Morgan fingerprint density at radius 2 is 1.91 bits per heavy atom. The van der Waals surface area contributed by atoms with Gasteiger partial charge in [0.1, 0.15) is 11.6 Å². The third-order valence-electron chi connectivity index (χ3n) is 2.78. The summed E-state index contributed by atoms with van der Waals surface area (Å²) in [6.45, 7) is 10.3. The van der Waals surface area contributed by atoms with Crippen LogP contribution in [0, 0.1) is 0 Å². The highest BCUT2D eigenvalue weighted by molar-refractivity contribution is 6.05. The highest BCUT2D eigenvalue weighted by atomic mass is 16.6. The molecule has 23 heavy (non-hydrogen) atoms. The number of likely N-dealkylation sites (N-methyl/N-ethyl adjacent to an activating group) is 2. The third kappa shape index (κ3) is 9.14. The Morgan fingerprint density at radius 3 is 2.39 bits per heavy atom. The minimum Gasteiger partial charge on any atom is -0.465 e. The standard InChI is InChI=1S/C15H30N4O4/c1-8-22-13(20)12(19(7)10-9-16-6)11(2)17-18-14(21)23-15(3,4)5/h12,16H,8-10H2,1-7H3,(H,18,21)/b17-11+. The molecule has 0 aliphatic rings. The first kappa shape index (κ1) is 21.3. The minimum absolute atomic E-state index is 0.280. The maximum atomic E-state index is 12.2. The van der Waals surface area contributed by atoms with Crippen molar-refractivity contribution in [2.24, 2.45) is 5.10 Å². The van der Waals surface area contributed by atoms with Gasteiger partial charge in [0.05, 0.1) is 12.3 Å². The number of hydrogen-bond acceptors (Lipinski definition) is 7. The van der Waals surface area contributed by atoms with E-state index in [0.717, 1.165) is 0 Å². The van der Waals surface area contributed by atoms with Gasteiger partial charge in [0.2, 0.25) is 0 Å². The smallest absolute Gasteiger partial charge is 0.428 e. The van der Waals surface area contributed by atoms with Crippen LogP contribution in [0.15, 0.2) is 5.10 Å². The predicted molar refractivity (Wildman–Crippen MR) is 89.5 cm³/mol. The van der Waals surface area contributed by atoms with Crippen molar-refractivity contribution in [3.05, 3.63) is 0 Å². The van der Waals surface area contributed by atoms with Crippen molar-refractivity contribution >= 4 is 17.8 Å². The second kappa shape index (κ2) is 10.2. The van der Waals surface area contributed by atoms with Crippen molar-refractivity contribution in [3.63, 3.8) is 0 Å². The Balaban J connectivity index is 4.96. The summed E-state index contributed by atoms with van der Waals surface area (Å²) in [6, 6.07) is -0.668. The first-order valence-corrected chi connectivity index (χ1v) is 7.67. The molecule has 8 heteroatoms. The van der Waals surface area contributed by atoms with Gasteiger partial charge in [-0.1, -0.05) is 0 Å². The summed E-state index contributed by atoms with van der Waals surface area (Å²) in [4.78, 5) is 25.6. The van der Waals surface area contributed by atoms with Crippen LogP contribution in [0.1, 0.15) is 34.6 Å². The van der Waals surface area contributed by atoms with Crippen LogP contribution in [0.5, 0.6) is 0 Å². The van der Waals surface area contributed by atoms with Crippen LogP contribution in [0.4, 0.5) is 4.79 Å². The van der Waals surface area contributed by atoms with E-state index < -0.39 is 23.7 Å². The summed E-state index contributed by atoms with van der Waals surface area (Å²) in [5.41, 5.74) is 2.11. The Hall–Kier alpha value is -1.67. The van der Waals surface area contributed by atoms with Gasteiger partial charge in [0.15, 0.2) is 0 Å². The number of carbonyl (C=O) groups is 2. The van der Waals surface area contributed by atoms with E-state index in [2.05, 4.69) is 15.8 Å². The SMILES string of the molecule is CCOC(=O)C(/C(C)=N/NC(=O)OC(C)(C)C)N(C)CCNC. The highest BCUT2D eigenvalue weighted by Crippen LogP contribution is 2.07. The zero-order valence-electron chi connectivity index (χ0n) is 15.2. The van der Waals surface area contributed by atoms with E-state index >= 15 is 0 Å². The fourth-order valence-corrected chi connectivity index (χ4v) is 1.80. The van der Waals surface area contributed by atoms with Crippen LogP contribution in [0.2, 0.25) is 0 Å². The topological polar surface area (TPSA) is 92.3 Å². The molecule has 0 aliphatic carbocycles. The molecule has 0 aromatic carbocycles. The van der Waals surface area contributed by atoms with E-state index in [9.17, 15) is 9.59 Å². The van der Waals surface area contributed by atoms with Gasteiger partial charge >= 0.3 is 12.1 Å². The zero-order valence-corrected chi connectivity index (χ0v) is 15.2. The Bertz CT molecular complexity index is 418. The molecule has 0 rings (SSSR count). The van der Waals surface area contributed by atoms with Crippen LogP contribution >= 0.6 is 0 Å². The van der Waals surface area contributed by atoms with Gasteiger partial charge in [-0.3, -0.25) is 4.90 Å². The summed E-state index contributed by atoms with van der Waals surface area (Å²) in [5, 5.41) is 6.99. The summed E-state index contributed by atoms with van der Waals surface area (Å²) < 4.78 is 10.2. The number of hydrogen-bond donors (Lipinski definition) is 2. The molecule has 0 aromatic heterocycles.